The van der Waals surface area contributed by atoms with Gasteiger partial charge in [-0.1, -0.05) is 0 Å². The number of esters is 1. The topological polar surface area (TPSA) is 120 Å². The largest absolute Gasteiger partial charge is 0.618 e. The normalized spacial score (nSPS) is 10.7. The lowest BCUT2D eigenvalue weighted by molar-refractivity contribution is -0.580. The summed E-state index contributed by atoms with van der Waals surface area (Å²) < 4.78 is 28.0. The highest BCUT2D eigenvalue weighted by molar-refractivity contribution is 5.93. The molecule has 10 heteroatoms. The Morgan fingerprint density at radius 2 is 1.60 bits per heavy atom. The SMILES string of the molecule is CCOc1cc(C(=O)OCc2nc3ccc(OC)cc3[n+]([O-])c2C(C)=O)cc(OCC)c1OCC. The highest BCUT2D eigenvalue weighted by Gasteiger charge is 2.26. The molecule has 3 rings (SSSR count). The van der Waals surface area contributed by atoms with Crippen molar-refractivity contribution < 1.29 is 38.0 Å². The Labute approximate surface area is 202 Å². The van der Waals surface area contributed by atoms with Crippen molar-refractivity contribution in [1.82, 2.24) is 4.98 Å². The van der Waals surface area contributed by atoms with Crippen LogP contribution in [0.2, 0.25) is 0 Å². The number of aromatic nitrogens is 2. The molecule has 1 aromatic heterocycles. The molecule has 0 saturated carbocycles. The fraction of sp³-hybridized carbons (Fsp3) is 0.360. The van der Waals surface area contributed by atoms with Crippen LogP contribution in [0.3, 0.4) is 0 Å². The highest BCUT2D eigenvalue weighted by atomic mass is 16.5. The van der Waals surface area contributed by atoms with Gasteiger partial charge in [-0.25, -0.2) is 9.78 Å². The number of hydrogen-bond donors (Lipinski definition) is 0. The van der Waals surface area contributed by atoms with Gasteiger partial charge in [0, 0.05) is 6.92 Å². The molecule has 0 atom stereocenters. The third kappa shape index (κ3) is 5.53. The number of fused-ring (bicyclic) bond motifs is 1. The zero-order valence-corrected chi connectivity index (χ0v) is 20.4. The van der Waals surface area contributed by atoms with Gasteiger partial charge in [0.15, 0.2) is 17.2 Å². The maximum absolute atomic E-state index is 12.9. The van der Waals surface area contributed by atoms with E-state index in [0.717, 1.165) is 0 Å². The third-order valence-corrected chi connectivity index (χ3v) is 4.95. The summed E-state index contributed by atoms with van der Waals surface area (Å²) >= 11 is 0. The van der Waals surface area contributed by atoms with Crippen LogP contribution in [0.15, 0.2) is 30.3 Å². The van der Waals surface area contributed by atoms with Gasteiger partial charge < -0.3 is 28.9 Å². The first-order chi connectivity index (χ1) is 16.8. The van der Waals surface area contributed by atoms with Gasteiger partial charge in [0.05, 0.1) is 38.6 Å². The zero-order valence-electron chi connectivity index (χ0n) is 20.4. The lowest BCUT2D eigenvalue weighted by Gasteiger charge is -2.17. The zero-order chi connectivity index (χ0) is 25.5. The van der Waals surface area contributed by atoms with E-state index in [2.05, 4.69) is 4.98 Å². The van der Waals surface area contributed by atoms with Crippen molar-refractivity contribution in [3.8, 4) is 23.0 Å². The Morgan fingerprint density at radius 3 is 2.14 bits per heavy atom. The highest BCUT2D eigenvalue weighted by Crippen LogP contribution is 2.39. The minimum Gasteiger partial charge on any atom is -0.618 e. The van der Waals surface area contributed by atoms with E-state index < -0.39 is 11.8 Å². The van der Waals surface area contributed by atoms with Crippen LogP contribution in [0, 0.1) is 5.21 Å². The minimum absolute atomic E-state index is 0.0412. The van der Waals surface area contributed by atoms with Gasteiger partial charge in [-0.3, -0.25) is 4.79 Å². The number of ketones is 1. The average molecular weight is 485 g/mol. The molecule has 35 heavy (non-hydrogen) atoms. The second-order valence-corrected chi connectivity index (χ2v) is 7.29. The fourth-order valence-electron chi connectivity index (χ4n) is 3.49. The molecule has 0 aliphatic heterocycles. The van der Waals surface area contributed by atoms with E-state index in [1.165, 1.54) is 32.2 Å². The molecule has 2 aromatic carbocycles. The van der Waals surface area contributed by atoms with E-state index in [1.807, 2.05) is 20.8 Å². The van der Waals surface area contributed by atoms with Gasteiger partial charge in [-0.15, -0.1) is 0 Å². The summed E-state index contributed by atoms with van der Waals surface area (Å²) in [5.41, 5.74) is 0.481. The molecule has 3 aromatic rings. The molecule has 0 N–H and O–H groups in total. The summed E-state index contributed by atoms with van der Waals surface area (Å²) in [6.07, 6.45) is 0. The van der Waals surface area contributed by atoms with E-state index in [9.17, 15) is 14.8 Å². The number of carbonyl (C=O) groups excluding carboxylic acids is 2. The molecule has 186 valence electrons. The first-order valence-electron chi connectivity index (χ1n) is 11.2. The van der Waals surface area contributed by atoms with E-state index in [-0.39, 0.29) is 29.1 Å². The van der Waals surface area contributed by atoms with E-state index in [1.54, 1.807) is 12.1 Å². The predicted octanol–water partition coefficient (Wildman–Crippen LogP) is 3.63. The van der Waals surface area contributed by atoms with Gasteiger partial charge in [0.2, 0.25) is 17.0 Å². The van der Waals surface area contributed by atoms with Gasteiger partial charge in [-0.2, -0.15) is 4.73 Å². The van der Waals surface area contributed by atoms with Crippen molar-refractivity contribution in [2.24, 2.45) is 0 Å². The number of methoxy groups -OCH3 is 1. The van der Waals surface area contributed by atoms with Gasteiger partial charge >= 0.3 is 5.97 Å². The summed E-state index contributed by atoms with van der Waals surface area (Å²) in [6.45, 7) is 7.38. The quantitative estimate of drug-likeness (QED) is 0.174. The number of ether oxygens (including phenoxy) is 5. The number of rotatable bonds is 11. The van der Waals surface area contributed by atoms with Crippen LogP contribution in [-0.4, -0.2) is 43.7 Å². The number of benzene rings is 2. The molecule has 0 saturated heterocycles. The fourth-order valence-corrected chi connectivity index (χ4v) is 3.49. The number of nitrogens with zero attached hydrogens (tertiary/aromatic N) is 2. The van der Waals surface area contributed by atoms with Crippen LogP contribution < -0.4 is 23.7 Å². The third-order valence-electron chi connectivity index (χ3n) is 4.95. The Morgan fingerprint density at radius 1 is 0.971 bits per heavy atom. The standard InChI is InChI=1S/C25H28N2O8/c1-6-32-21-11-16(12-22(33-7-2)24(21)34-8-3)25(29)35-14-19-23(15(4)28)27(30)20-13-17(31-5)9-10-18(20)26-19/h9-13H,6-8,14H2,1-5H3. The summed E-state index contributed by atoms with van der Waals surface area (Å²) in [6, 6.07) is 7.72. The lowest BCUT2D eigenvalue weighted by atomic mass is 10.1. The van der Waals surface area contributed by atoms with Crippen LogP contribution in [0.4, 0.5) is 0 Å². The summed E-state index contributed by atoms with van der Waals surface area (Å²) in [5, 5.41) is 12.9. The molecule has 0 amide bonds. The molecule has 0 bridgehead atoms. The smallest absolute Gasteiger partial charge is 0.338 e. The molecule has 1 heterocycles. The molecular formula is C25H28N2O8. The first kappa shape index (κ1) is 25.5. The number of Topliss-reactive ketones (excluding diaryl/α,β-unsaturated/α-hetero) is 1. The van der Waals surface area contributed by atoms with Crippen molar-refractivity contribution in [2.45, 2.75) is 34.3 Å². The molecule has 0 spiro atoms. The number of carbonyl (C=O) groups is 2. The van der Waals surface area contributed by atoms with E-state index in [0.29, 0.717) is 53.1 Å². The Balaban J connectivity index is 1.96. The Kier molecular flexibility index (Phi) is 8.30. The van der Waals surface area contributed by atoms with Crippen molar-refractivity contribution in [3.05, 3.63) is 52.5 Å². The summed E-state index contributed by atoms with van der Waals surface area (Å²) in [5.74, 6) is 0.299. The Hall–Kier alpha value is -4.08. The van der Waals surface area contributed by atoms with Crippen LogP contribution in [-0.2, 0) is 11.3 Å². The molecular weight excluding hydrogens is 456 g/mol. The molecule has 0 aliphatic carbocycles. The summed E-state index contributed by atoms with van der Waals surface area (Å²) in [7, 11) is 1.47. The maximum atomic E-state index is 12.9. The monoisotopic (exact) mass is 484 g/mol. The van der Waals surface area contributed by atoms with Crippen molar-refractivity contribution in [2.75, 3.05) is 26.9 Å². The predicted molar refractivity (Wildman–Crippen MR) is 126 cm³/mol. The van der Waals surface area contributed by atoms with Gasteiger partial charge in [0.25, 0.3) is 5.69 Å². The van der Waals surface area contributed by atoms with Crippen LogP contribution in [0.25, 0.3) is 11.0 Å². The van der Waals surface area contributed by atoms with Crippen LogP contribution >= 0.6 is 0 Å². The summed E-state index contributed by atoms with van der Waals surface area (Å²) in [4.78, 5) is 29.6. The van der Waals surface area contributed by atoms with Gasteiger partial charge in [0.1, 0.15) is 17.9 Å². The van der Waals surface area contributed by atoms with Crippen molar-refractivity contribution in [3.63, 3.8) is 0 Å². The molecule has 10 nitrogen and oxygen atoms in total. The second kappa shape index (κ2) is 11.4. The van der Waals surface area contributed by atoms with Crippen molar-refractivity contribution in [1.29, 1.82) is 0 Å². The lowest BCUT2D eigenvalue weighted by Crippen LogP contribution is -2.37. The maximum Gasteiger partial charge on any atom is 0.338 e. The first-order valence-corrected chi connectivity index (χ1v) is 11.2. The molecule has 0 fully saturated rings. The Bertz CT molecular complexity index is 1210. The molecule has 0 aliphatic rings. The van der Waals surface area contributed by atoms with Crippen molar-refractivity contribution >= 4 is 22.8 Å². The van der Waals surface area contributed by atoms with E-state index >= 15 is 0 Å². The van der Waals surface area contributed by atoms with Crippen LogP contribution in [0.5, 0.6) is 23.0 Å². The average Bonchev–Trinajstić information content (AvgIpc) is 2.84. The second-order valence-electron chi connectivity index (χ2n) is 7.29. The van der Waals surface area contributed by atoms with Gasteiger partial charge in [-0.05, 0) is 45.0 Å². The number of hydrogen-bond acceptors (Lipinski definition) is 9. The van der Waals surface area contributed by atoms with Crippen LogP contribution in [0.1, 0.15) is 54.2 Å². The minimum atomic E-state index is -0.710. The van der Waals surface area contributed by atoms with E-state index in [4.69, 9.17) is 23.7 Å². The molecule has 0 radical (unpaired) electrons. The molecule has 0 unspecified atom stereocenters.